The Morgan fingerprint density at radius 2 is 2.30 bits per heavy atom. The summed E-state index contributed by atoms with van der Waals surface area (Å²) in [7, 11) is 0. The Bertz CT molecular complexity index is 133. The Labute approximate surface area is 68.0 Å². The summed E-state index contributed by atoms with van der Waals surface area (Å²) < 4.78 is 0. The number of hydrogen-bond donors (Lipinski definition) is 1. The first-order chi connectivity index (χ1) is 4.74. The minimum atomic E-state index is 0.556. The Balaban J connectivity index is 2.35. The van der Waals surface area contributed by atoms with Crippen molar-refractivity contribution in [2.45, 2.75) is 32.6 Å². The van der Waals surface area contributed by atoms with Gasteiger partial charge in [0.25, 0.3) is 0 Å². The van der Waals surface area contributed by atoms with Gasteiger partial charge in [0.15, 0.2) is 0 Å². The van der Waals surface area contributed by atoms with Gasteiger partial charge in [0.1, 0.15) is 0 Å². The lowest BCUT2D eigenvalue weighted by atomic mass is 10.0. The summed E-state index contributed by atoms with van der Waals surface area (Å²) in [6.45, 7) is 2.24. The summed E-state index contributed by atoms with van der Waals surface area (Å²) >= 11 is 4.93. The molecule has 2 heteroatoms. The van der Waals surface area contributed by atoms with Gasteiger partial charge in [-0.2, -0.15) is 0 Å². The molecule has 1 fully saturated rings. The van der Waals surface area contributed by atoms with Crippen molar-refractivity contribution in [1.82, 2.24) is 0 Å². The van der Waals surface area contributed by atoms with Crippen molar-refractivity contribution in [3.63, 3.8) is 0 Å². The molecule has 2 N–H and O–H groups in total. The van der Waals surface area contributed by atoms with Crippen LogP contribution in [0.25, 0.3) is 0 Å². The molecule has 2 unspecified atom stereocenters. The minimum absolute atomic E-state index is 0.556. The fourth-order valence-electron chi connectivity index (χ4n) is 1.70. The fraction of sp³-hybridized carbons (Fsp3) is 0.875. The largest absolute Gasteiger partial charge is 0.393 e. The first-order valence-corrected chi connectivity index (χ1v) is 4.44. The maximum atomic E-state index is 5.55. The van der Waals surface area contributed by atoms with E-state index in [1.807, 2.05) is 0 Å². The summed E-state index contributed by atoms with van der Waals surface area (Å²) in [5.41, 5.74) is 5.55. The molecule has 0 spiro atoms. The number of rotatable bonds is 2. The Hall–Kier alpha value is -0.110. The SMILES string of the molecule is CCC1CCC(C(N)=S)C1. The number of nitrogens with two attached hydrogens (primary N) is 1. The normalized spacial score (nSPS) is 32.5. The van der Waals surface area contributed by atoms with Gasteiger partial charge in [0, 0.05) is 5.92 Å². The molecule has 1 nitrogen and oxygen atoms in total. The molecule has 0 aliphatic heterocycles. The monoisotopic (exact) mass is 157 g/mol. The molecule has 0 bridgehead atoms. The van der Waals surface area contributed by atoms with E-state index in [0.717, 1.165) is 10.9 Å². The number of hydrogen-bond acceptors (Lipinski definition) is 1. The molecule has 0 aromatic heterocycles. The molecule has 0 saturated heterocycles. The van der Waals surface area contributed by atoms with Crippen LogP contribution in [0, 0.1) is 11.8 Å². The van der Waals surface area contributed by atoms with Gasteiger partial charge in [-0.15, -0.1) is 0 Å². The van der Waals surface area contributed by atoms with Crippen molar-refractivity contribution in [2.75, 3.05) is 0 Å². The highest BCUT2D eigenvalue weighted by Crippen LogP contribution is 2.32. The summed E-state index contributed by atoms with van der Waals surface area (Å²) in [6, 6.07) is 0. The lowest BCUT2D eigenvalue weighted by molar-refractivity contribution is 0.521. The van der Waals surface area contributed by atoms with Gasteiger partial charge >= 0.3 is 0 Å². The Morgan fingerprint density at radius 1 is 1.60 bits per heavy atom. The molecule has 1 saturated carbocycles. The van der Waals surface area contributed by atoms with Crippen LogP contribution in [0.4, 0.5) is 0 Å². The molecule has 0 heterocycles. The second kappa shape index (κ2) is 3.33. The fourth-order valence-corrected chi connectivity index (χ4v) is 1.92. The maximum Gasteiger partial charge on any atom is 0.0758 e. The third-order valence-electron chi connectivity index (χ3n) is 2.52. The first-order valence-electron chi connectivity index (χ1n) is 4.03. The molecule has 1 aliphatic carbocycles. The third-order valence-corrected chi connectivity index (χ3v) is 2.85. The van der Waals surface area contributed by atoms with E-state index in [-0.39, 0.29) is 0 Å². The summed E-state index contributed by atoms with van der Waals surface area (Å²) in [5.74, 6) is 1.45. The molecule has 0 amide bonds. The van der Waals surface area contributed by atoms with E-state index in [4.69, 9.17) is 18.0 Å². The van der Waals surface area contributed by atoms with Gasteiger partial charge in [-0.1, -0.05) is 25.6 Å². The molecular weight excluding hydrogens is 142 g/mol. The second-order valence-corrected chi connectivity index (χ2v) is 3.66. The van der Waals surface area contributed by atoms with Crippen LogP contribution in [0.2, 0.25) is 0 Å². The van der Waals surface area contributed by atoms with E-state index in [1.54, 1.807) is 0 Å². The lowest BCUT2D eigenvalue weighted by Gasteiger charge is -2.06. The van der Waals surface area contributed by atoms with Gasteiger partial charge in [-0.3, -0.25) is 0 Å². The third kappa shape index (κ3) is 1.69. The van der Waals surface area contributed by atoms with Gasteiger partial charge in [-0.05, 0) is 25.2 Å². The highest BCUT2D eigenvalue weighted by Gasteiger charge is 2.24. The molecule has 58 valence electrons. The Kier molecular flexibility index (Phi) is 2.66. The molecular formula is C8H15NS. The topological polar surface area (TPSA) is 26.0 Å². The quantitative estimate of drug-likeness (QED) is 0.621. The first kappa shape index (κ1) is 7.99. The van der Waals surface area contributed by atoms with Crippen molar-refractivity contribution < 1.29 is 0 Å². The smallest absolute Gasteiger partial charge is 0.0758 e. The van der Waals surface area contributed by atoms with Crippen molar-refractivity contribution in [3.8, 4) is 0 Å². The summed E-state index contributed by atoms with van der Waals surface area (Å²) in [6.07, 6.45) is 5.09. The van der Waals surface area contributed by atoms with Gasteiger partial charge in [0.2, 0.25) is 0 Å². The molecule has 2 atom stereocenters. The lowest BCUT2D eigenvalue weighted by Crippen LogP contribution is -2.18. The van der Waals surface area contributed by atoms with Crippen molar-refractivity contribution in [1.29, 1.82) is 0 Å². The standard InChI is InChI=1S/C8H15NS/c1-2-6-3-4-7(5-6)8(9)10/h6-7H,2-5H2,1H3,(H2,9,10). The van der Waals surface area contributed by atoms with E-state index < -0.39 is 0 Å². The minimum Gasteiger partial charge on any atom is -0.393 e. The van der Waals surface area contributed by atoms with Crippen LogP contribution in [-0.2, 0) is 0 Å². The molecule has 1 aliphatic rings. The number of thiocarbonyl (C=S) groups is 1. The zero-order valence-electron chi connectivity index (χ0n) is 6.47. The Morgan fingerprint density at radius 3 is 2.60 bits per heavy atom. The zero-order chi connectivity index (χ0) is 7.56. The van der Waals surface area contributed by atoms with Crippen LogP contribution >= 0.6 is 12.2 Å². The van der Waals surface area contributed by atoms with Crippen LogP contribution in [0.15, 0.2) is 0 Å². The van der Waals surface area contributed by atoms with Crippen LogP contribution in [0.1, 0.15) is 32.6 Å². The van der Waals surface area contributed by atoms with Crippen LogP contribution in [-0.4, -0.2) is 4.99 Å². The van der Waals surface area contributed by atoms with Gasteiger partial charge in [-0.25, -0.2) is 0 Å². The van der Waals surface area contributed by atoms with E-state index in [2.05, 4.69) is 6.92 Å². The zero-order valence-corrected chi connectivity index (χ0v) is 7.29. The van der Waals surface area contributed by atoms with Crippen LogP contribution in [0.5, 0.6) is 0 Å². The molecule has 10 heavy (non-hydrogen) atoms. The molecule has 0 aromatic carbocycles. The van der Waals surface area contributed by atoms with Gasteiger partial charge in [0.05, 0.1) is 4.99 Å². The van der Waals surface area contributed by atoms with Crippen molar-refractivity contribution in [2.24, 2.45) is 17.6 Å². The highest BCUT2D eigenvalue weighted by atomic mass is 32.1. The summed E-state index contributed by atoms with van der Waals surface area (Å²) in [5, 5.41) is 0. The maximum absolute atomic E-state index is 5.55. The molecule has 1 rings (SSSR count). The highest BCUT2D eigenvalue weighted by molar-refractivity contribution is 7.80. The average Bonchev–Trinajstić information content (AvgIpc) is 2.34. The van der Waals surface area contributed by atoms with Gasteiger partial charge < -0.3 is 5.73 Å². The van der Waals surface area contributed by atoms with E-state index in [0.29, 0.717) is 5.92 Å². The van der Waals surface area contributed by atoms with E-state index in [1.165, 1.54) is 25.7 Å². The predicted octanol–water partition coefficient (Wildman–Crippen LogP) is 2.10. The molecule has 0 radical (unpaired) electrons. The van der Waals surface area contributed by atoms with E-state index in [9.17, 15) is 0 Å². The summed E-state index contributed by atoms with van der Waals surface area (Å²) in [4.78, 5) is 0.732. The van der Waals surface area contributed by atoms with Crippen molar-refractivity contribution >= 4 is 17.2 Å². The van der Waals surface area contributed by atoms with Crippen LogP contribution < -0.4 is 5.73 Å². The predicted molar refractivity (Wildman–Crippen MR) is 47.9 cm³/mol. The van der Waals surface area contributed by atoms with Crippen molar-refractivity contribution in [3.05, 3.63) is 0 Å². The average molecular weight is 157 g/mol. The van der Waals surface area contributed by atoms with E-state index >= 15 is 0 Å². The molecule has 0 aromatic rings. The van der Waals surface area contributed by atoms with Crippen LogP contribution in [0.3, 0.4) is 0 Å². The second-order valence-electron chi connectivity index (χ2n) is 3.19.